The summed E-state index contributed by atoms with van der Waals surface area (Å²) in [6, 6.07) is 124. The van der Waals surface area contributed by atoms with Gasteiger partial charge in [-0.3, -0.25) is 0 Å². The zero-order valence-corrected chi connectivity index (χ0v) is 52.4. The third kappa shape index (κ3) is 8.51. The molecule has 92 heavy (non-hydrogen) atoms. The van der Waals surface area contributed by atoms with E-state index < -0.39 is 10.8 Å². The first-order chi connectivity index (χ1) is 45.2. The standard InChI is InChI=1S/C92H68/c1-60-36-44-66(45-37-60)75-30-19-35-86-89(75)78-28-13-16-33-84(78)92(86,71-23-9-6-10-24-71)73-25-17-20-69(57-73)79-58-81-76-26-11-15-32-83(76)91(70-21-7-5-8-22-70,87(81)59-80(79)68-46-38-61(2)39-47-68)72-54-42-63(43-55-72)56-62-40-48-64(49-41-62)65-50-52-67(53-51-65)74-29-18-34-85-88(74)77-27-12-14-31-82(77)90(85,3)4/h5-55,57-59H,56H2,1-4H3. The molecular formula is C92H68. The molecule has 2 atom stereocenters. The molecule has 0 amide bonds. The van der Waals surface area contributed by atoms with Crippen molar-refractivity contribution in [2.24, 2.45) is 0 Å². The van der Waals surface area contributed by atoms with E-state index >= 15 is 0 Å². The molecule has 0 saturated heterocycles. The Hall–Kier alpha value is -10.9. The first-order valence-corrected chi connectivity index (χ1v) is 32.6. The fourth-order valence-corrected chi connectivity index (χ4v) is 16.5. The van der Waals surface area contributed by atoms with Crippen LogP contribution in [0.25, 0.3) is 89.0 Å². The first kappa shape index (κ1) is 55.2. The topological polar surface area (TPSA) is 0 Å². The molecule has 3 aliphatic rings. The Morgan fingerprint density at radius 2 is 0.598 bits per heavy atom. The third-order valence-corrected chi connectivity index (χ3v) is 20.9. The van der Waals surface area contributed by atoms with Crippen LogP contribution in [0.4, 0.5) is 0 Å². The molecule has 2 unspecified atom stereocenters. The van der Waals surface area contributed by atoms with Crippen molar-refractivity contribution in [2.75, 3.05) is 0 Å². The van der Waals surface area contributed by atoms with Crippen molar-refractivity contribution < 1.29 is 0 Å². The molecule has 0 aliphatic heterocycles. The van der Waals surface area contributed by atoms with E-state index in [0.717, 1.165) is 6.42 Å². The summed E-state index contributed by atoms with van der Waals surface area (Å²) in [4.78, 5) is 0. The lowest BCUT2D eigenvalue weighted by molar-refractivity contribution is 0.660. The number of hydrogen-bond acceptors (Lipinski definition) is 0. The Morgan fingerprint density at radius 1 is 0.217 bits per heavy atom. The van der Waals surface area contributed by atoms with E-state index in [2.05, 4.69) is 355 Å². The van der Waals surface area contributed by atoms with Gasteiger partial charge in [-0.2, -0.15) is 0 Å². The normalized spacial score (nSPS) is 16.0. The molecule has 0 aromatic heterocycles. The Labute approximate surface area is 541 Å². The van der Waals surface area contributed by atoms with Crippen LogP contribution in [-0.4, -0.2) is 0 Å². The summed E-state index contributed by atoms with van der Waals surface area (Å²) in [5.41, 5.74) is 36.9. The summed E-state index contributed by atoms with van der Waals surface area (Å²) >= 11 is 0. The summed E-state index contributed by atoms with van der Waals surface area (Å²) in [7, 11) is 0. The summed E-state index contributed by atoms with van der Waals surface area (Å²) in [5.74, 6) is 0. The predicted octanol–water partition coefficient (Wildman–Crippen LogP) is 23.3. The minimum Gasteiger partial charge on any atom is -0.0622 e. The lowest BCUT2D eigenvalue weighted by Crippen LogP contribution is -2.28. The smallest absolute Gasteiger partial charge is 0.0622 e. The molecule has 0 radical (unpaired) electrons. The second-order valence-electron chi connectivity index (χ2n) is 26.4. The zero-order valence-electron chi connectivity index (χ0n) is 52.4. The van der Waals surface area contributed by atoms with Gasteiger partial charge in [-0.25, -0.2) is 0 Å². The van der Waals surface area contributed by atoms with Gasteiger partial charge in [0.15, 0.2) is 0 Å². The van der Waals surface area contributed by atoms with Crippen LogP contribution in [0.3, 0.4) is 0 Å². The minimum absolute atomic E-state index is 0.0272. The van der Waals surface area contributed by atoms with Crippen LogP contribution in [0.5, 0.6) is 0 Å². The van der Waals surface area contributed by atoms with Crippen molar-refractivity contribution in [1.29, 1.82) is 0 Å². The van der Waals surface area contributed by atoms with E-state index in [-0.39, 0.29) is 5.41 Å². The van der Waals surface area contributed by atoms with Gasteiger partial charge in [0.1, 0.15) is 0 Å². The maximum absolute atomic E-state index is 2.56. The van der Waals surface area contributed by atoms with Crippen LogP contribution in [0.15, 0.2) is 328 Å². The quantitative estimate of drug-likeness (QED) is 0.121. The van der Waals surface area contributed by atoms with E-state index in [9.17, 15) is 0 Å². The van der Waals surface area contributed by atoms with Crippen molar-refractivity contribution in [2.45, 2.75) is 50.4 Å². The molecule has 0 N–H and O–H groups in total. The highest BCUT2D eigenvalue weighted by molar-refractivity contribution is 5.98. The Balaban J connectivity index is 0.758. The molecule has 14 aromatic rings. The molecular weight excluding hydrogens is 1110 g/mol. The van der Waals surface area contributed by atoms with Gasteiger partial charge in [-0.1, -0.05) is 334 Å². The summed E-state index contributed by atoms with van der Waals surface area (Å²) < 4.78 is 0. The van der Waals surface area contributed by atoms with Crippen LogP contribution in [0.2, 0.25) is 0 Å². The molecule has 0 nitrogen and oxygen atoms in total. The van der Waals surface area contributed by atoms with Gasteiger partial charge in [-0.05, 0) is 194 Å². The second kappa shape index (κ2) is 21.7. The number of aryl methyl sites for hydroxylation is 2. The van der Waals surface area contributed by atoms with Gasteiger partial charge < -0.3 is 0 Å². The Bertz CT molecular complexity index is 5160. The molecule has 17 rings (SSSR count). The molecule has 3 aliphatic carbocycles. The summed E-state index contributed by atoms with van der Waals surface area (Å²) in [5, 5.41) is 0. The first-order valence-electron chi connectivity index (χ1n) is 32.6. The van der Waals surface area contributed by atoms with Crippen molar-refractivity contribution in [3.8, 4) is 89.0 Å². The number of fused-ring (bicyclic) bond motifs is 9. The largest absolute Gasteiger partial charge is 0.0714 e. The lowest BCUT2D eigenvalue weighted by atomic mass is 9.66. The van der Waals surface area contributed by atoms with Gasteiger partial charge in [0.2, 0.25) is 0 Å². The SMILES string of the molecule is Cc1ccc(-c2cc3c(cc2-c2cccc(C4(c5ccccc5)c5ccccc5-c5c(-c6ccc(C)cc6)cccc54)c2)-c2ccccc2C3(c2ccccc2)c2ccc(Cc3ccc(-c4ccc(-c5cccc6c5-c5ccccc5C6(C)C)cc4)cc3)cc2)cc1. The monoisotopic (exact) mass is 1170 g/mol. The fourth-order valence-electron chi connectivity index (χ4n) is 16.5. The Morgan fingerprint density at radius 3 is 1.20 bits per heavy atom. The molecule has 436 valence electrons. The molecule has 14 aromatic carbocycles. The van der Waals surface area contributed by atoms with Crippen molar-refractivity contribution in [3.63, 3.8) is 0 Å². The Kier molecular flexibility index (Phi) is 13.0. The van der Waals surface area contributed by atoms with E-state index in [0.29, 0.717) is 0 Å². The predicted molar refractivity (Wildman–Crippen MR) is 385 cm³/mol. The minimum atomic E-state index is -0.603. The average molecular weight is 1170 g/mol. The van der Waals surface area contributed by atoms with Crippen LogP contribution < -0.4 is 0 Å². The van der Waals surface area contributed by atoms with Crippen molar-refractivity contribution in [3.05, 3.63) is 405 Å². The van der Waals surface area contributed by atoms with Crippen LogP contribution in [0, 0.1) is 13.8 Å². The number of benzene rings is 14. The average Bonchev–Trinajstić information content (AvgIpc) is 1.53. The highest BCUT2D eigenvalue weighted by Crippen LogP contribution is 2.61. The maximum atomic E-state index is 2.56. The van der Waals surface area contributed by atoms with E-state index in [1.165, 1.54) is 167 Å². The third-order valence-electron chi connectivity index (χ3n) is 20.9. The van der Waals surface area contributed by atoms with Gasteiger partial charge in [-0.15, -0.1) is 0 Å². The van der Waals surface area contributed by atoms with E-state index in [1.54, 1.807) is 0 Å². The van der Waals surface area contributed by atoms with E-state index in [4.69, 9.17) is 0 Å². The highest BCUT2D eigenvalue weighted by atomic mass is 14.5. The van der Waals surface area contributed by atoms with Gasteiger partial charge in [0.25, 0.3) is 0 Å². The van der Waals surface area contributed by atoms with Crippen LogP contribution >= 0.6 is 0 Å². The second-order valence-corrected chi connectivity index (χ2v) is 26.4. The number of rotatable bonds is 11. The maximum Gasteiger partial charge on any atom is 0.0714 e. The summed E-state index contributed by atoms with van der Waals surface area (Å²) in [6.45, 7) is 9.06. The van der Waals surface area contributed by atoms with Crippen LogP contribution in [0.1, 0.15) is 91.7 Å². The molecule has 0 spiro atoms. The molecule has 0 heteroatoms. The van der Waals surface area contributed by atoms with Crippen molar-refractivity contribution in [1.82, 2.24) is 0 Å². The van der Waals surface area contributed by atoms with Gasteiger partial charge in [0.05, 0.1) is 10.8 Å². The zero-order chi connectivity index (χ0) is 61.7. The van der Waals surface area contributed by atoms with Crippen molar-refractivity contribution >= 4 is 0 Å². The highest BCUT2D eigenvalue weighted by Gasteiger charge is 2.49. The molecule has 0 saturated carbocycles. The van der Waals surface area contributed by atoms with E-state index in [1.807, 2.05) is 0 Å². The lowest BCUT2D eigenvalue weighted by Gasteiger charge is -2.35. The molecule has 0 fully saturated rings. The van der Waals surface area contributed by atoms with Gasteiger partial charge in [0, 0.05) is 5.41 Å². The van der Waals surface area contributed by atoms with Gasteiger partial charge >= 0.3 is 0 Å². The summed E-state index contributed by atoms with van der Waals surface area (Å²) in [6.07, 6.45) is 0.832. The molecule has 0 heterocycles. The van der Waals surface area contributed by atoms with Crippen LogP contribution in [-0.2, 0) is 22.7 Å². The molecule has 0 bridgehead atoms. The number of hydrogen-bond donors (Lipinski definition) is 0. The fraction of sp³-hybridized carbons (Fsp3) is 0.0870.